The predicted molar refractivity (Wildman–Crippen MR) is 66.1 cm³/mol. The van der Waals surface area contributed by atoms with Crippen LogP contribution in [0.5, 0.6) is 5.75 Å². The number of aromatic nitrogens is 2. The van der Waals surface area contributed by atoms with Crippen molar-refractivity contribution >= 4 is 15.9 Å². The molecule has 0 aliphatic rings. The average molecular weight is 300 g/mol. The summed E-state index contributed by atoms with van der Waals surface area (Å²) in [5, 5.41) is 0. The van der Waals surface area contributed by atoms with Crippen LogP contribution in [0.4, 0.5) is 4.39 Å². The Kier molecular flexibility index (Phi) is 3.44. The molecule has 1 aromatic carbocycles. The number of aromatic amines is 1. The van der Waals surface area contributed by atoms with Gasteiger partial charge in [0.25, 0.3) is 0 Å². The molecule has 0 spiro atoms. The summed E-state index contributed by atoms with van der Waals surface area (Å²) in [6, 6.07) is 4.28. The molecule has 6 heteroatoms. The van der Waals surface area contributed by atoms with E-state index in [1.807, 2.05) is 0 Å². The second-order valence-corrected chi connectivity index (χ2v) is 4.15. The zero-order valence-electron chi connectivity index (χ0n) is 9.13. The third-order valence-corrected chi connectivity index (χ3v) is 2.75. The lowest BCUT2D eigenvalue weighted by Crippen LogP contribution is -1.99. The van der Waals surface area contributed by atoms with Gasteiger partial charge in [-0.1, -0.05) is 0 Å². The second-order valence-electron chi connectivity index (χ2n) is 3.40. The zero-order chi connectivity index (χ0) is 12.4. The molecule has 0 saturated heterocycles. The van der Waals surface area contributed by atoms with Gasteiger partial charge >= 0.3 is 0 Å². The highest BCUT2D eigenvalue weighted by molar-refractivity contribution is 9.10. The van der Waals surface area contributed by atoms with E-state index in [0.717, 1.165) is 5.69 Å². The summed E-state index contributed by atoms with van der Waals surface area (Å²) in [7, 11) is 1.53. The number of nitrogens with two attached hydrogens (primary N) is 1. The van der Waals surface area contributed by atoms with Crippen LogP contribution >= 0.6 is 15.9 Å². The topological polar surface area (TPSA) is 63.9 Å². The number of hydrogen-bond donors (Lipinski definition) is 2. The molecule has 0 unspecified atom stereocenters. The van der Waals surface area contributed by atoms with Crippen LogP contribution in [0.2, 0.25) is 0 Å². The van der Waals surface area contributed by atoms with Crippen LogP contribution in [0.1, 0.15) is 5.69 Å². The van der Waals surface area contributed by atoms with E-state index in [9.17, 15) is 4.39 Å². The largest absolute Gasteiger partial charge is 0.496 e. The molecule has 17 heavy (non-hydrogen) atoms. The van der Waals surface area contributed by atoms with Gasteiger partial charge in [-0.3, -0.25) is 0 Å². The average Bonchev–Trinajstić information content (AvgIpc) is 2.70. The fourth-order valence-electron chi connectivity index (χ4n) is 1.61. The summed E-state index contributed by atoms with van der Waals surface area (Å²) >= 11 is 3.23. The van der Waals surface area contributed by atoms with Crippen LogP contribution in [0.3, 0.4) is 0 Å². The van der Waals surface area contributed by atoms with Gasteiger partial charge in [-0.2, -0.15) is 0 Å². The fourth-order valence-corrected chi connectivity index (χ4v) is 2.03. The quantitative estimate of drug-likeness (QED) is 0.915. The first-order chi connectivity index (χ1) is 8.15. The van der Waals surface area contributed by atoms with E-state index in [2.05, 4.69) is 25.9 Å². The Hall–Kier alpha value is -1.40. The lowest BCUT2D eigenvalue weighted by molar-refractivity contribution is 0.415. The number of rotatable bonds is 3. The lowest BCUT2D eigenvalue weighted by atomic mass is 10.1. The standard InChI is InChI=1S/C11H11BrFN3O/c1-17-9-3-2-6(13)4-7(9)10-8(5-14)15-11(12)16-10/h2-4H,5,14H2,1H3,(H,15,16). The number of ether oxygens (including phenoxy) is 1. The molecule has 4 nitrogen and oxygen atoms in total. The molecule has 3 N–H and O–H groups in total. The number of H-pyrrole nitrogens is 1. The number of benzene rings is 1. The van der Waals surface area contributed by atoms with Crippen molar-refractivity contribution in [3.63, 3.8) is 0 Å². The molecule has 0 saturated carbocycles. The van der Waals surface area contributed by atoms with Crippen molar-refractivity contribution in [3.05, 3.63) is 34.4 Å². The van der Waals surface area contributed by atoms with Crippen LogP contribution < -0.4 is 10.5 Å². The van der Waals surface area contributed by atoms with Crippen molar-refractivity contribution in [2.24, 2.45) is 5.73 Å². The van der Waals surface area contributed by atoms with Crippen LogP contribution in [-0.2, 0) is 6.54 Å². The highest BCUT2D eigenvalue weighted by atomic mass is 79.9. The smallest absolute Gasteiger partial charge is 0.175 e. The molecular formula is C11H11BrFN3O. The molecule has 0 aliphatic carbocycles. The number of hydrogen-bond acceptors (Lipinski definition) is 3. The minimum Gasteiger partial charge on any atom is -0.496 e. The summed E-state index contributed by atoms with van der Waals surface area (Å²) in [5.74, 6) is 0.211. The number of nitrogens with one attached hydrogen (secondary N) is 1. The molecule has 0 fully saturated rings. The predicted octanol–water partition coefficient (Wildman–Crippen LogP) is 2.45. The highest BCUT2D eigenvalue weighted by Crippen LogP contribution is 2.32. The van der Waals surface area contributed by atoms with E-state index in [4.69, 9.17) is 10.5 Å². The van der Waals surface area contributed by atoms with Crippen molar-refractivity contribution in [2.75, 3.05) is 7.11 Å². The van der Waals surface area contributed by atoms with Crippen LogP contribution in [-0.4, -0.2) is 17.1 Å². The van der Waals surface area contributed by atoms with Crippen molar-refractivity contribution in [3.8, 4) is 17.0 Å². The Morgan fingerprint density at radius 3 is 2.94 bits per heavy atom. The lowest BCUT2D eigenvalue weighted by Gasteiger charge is -2.07. The molecule has 2 aromatic rings. The molecule has 0 radical (unpaired) electrons. The van der Waals surface area contributed by atoms with Crippen molar-refractivity contribution in [2.45, 2.75) is 6.54 Å². The first-order valence-electron chi connectivity index (χ1n) is 4.94. The van der Waals surface area contributed by atoms with Crippen LogP contribution in [0.15, 0.2) is 22.9 Å². The van der Waals surface area contributed by atoms with Gasteiger partial charge in [0.2, 0.25) is 0 Å². The van der Waals surface area contributed by atoms with Gasteiger partial charge in [-0.05, 0) is 34.1 Å². The maximum atomic E-state index is 13.3. The summed E-state index contributed by atoms with van der Waals surface area (Å²) in [6.45, 7) is 0.285. The molecule has 2 rings (SSSR count). The zero-order valence-corrected chi connectivity index (χ0v) is 10.7. The van der Waals surface area contributed by atoms with Gasteiger partial charge in [-0.25, -0.2) is 9.37 Å². The molecule has 0 atom stereocenters. The number of nitrogens with zero attached hydrogens (tertiary/aromatic N) is 1. The van der Waals surface area contributed by atoms with E-state index in [-0.39, 0.29) is 12.4 Å². The monoisotopic (exact) mass is 299 g/mol. The third-order valence-electron chi connectivity index (χ3n) is 2.37. The van der Waals surface area contributed by atoms with Crippen molar-refractivity contribution in [1.29, 1.82) is 0 Å². The SMILES string of the molecule is COc1ccc(F)cc1-c1nc(Br)[nH]c1CN. The van der Waals surface area contributed by atoms with E-state index in [1.165, 1.54) is 19.2 Å². The molecular weight excluding hydrogens is 289 g/mol. The summed E-state index contributed by atoms with van der Waals surface area (Å²) in [4.78, 5) is 7.20. The van der Waals surface area contributed by atoms with E-state index < -0.39 is 0 Å². The Balaban J connectivity index is 2.61. The summed E-state index contributed by atoms with van der Waals surface area (Å²) in [5.41, 5.74) is 7.50. The van der Waals surface area contributed by atoms with Gasteiger partial charge < -0.3 is 15.5 Å². The van der Waals surface area contributed by atoms with Crippen LogP contribution in [0.25, 0.3) is 11.3 Å². The van der Waals surface area contributed by atoms with Gasteiger partial charge in [0.15, 0.2) is 4.73 Å². The second kappa shape index (κ2) is 4.85. The van der Waals surface area contributed by atoms with Gasteiger partial charge in [-0.15, -0.1) is 0 Å². The van der Waals surface area contributed by atoms with Gasteiger partial charge in [0.05, 0.1) is 18.5 Å². The first-order valence-corrected chi connectivity index (χ1v) is 5.73. The maximum absolute atomic E-state index is 13.3. The van der Waals surface area contributed by atoms with E-state index in [1.54, 1.807) is 6.07 Å². The summed E-state index contributed by atoms with van der Waals surface area (Å²) < 4.78 is 19.0. The molecule has 0 bridgehead atoms. The third kappa shape index (κ3) is 2.32. The molecule has 0 aliphatic heterocycles. The van der Waals surface area contributed by atoms with Gasteiger partial charge in [0.1, 0.15) is 11.6 Å². The van der Waals surface area contributed by atoms with Crippen molar-refractivity contribution < 1.29 is 9.13 Å². The number of halogens is 2. The minimum atomic E-state index is -0.345. The number of methoxy groups -OCH3 is 1. The molecule has 0 amide bonds. The first kappa shape index (κ1) is 12.1. The summed E-state index contributed by atoms with van der Waals surface area (Å²) in [6.07, 6.45) is 0. The normalized spacial score (nSPS) is 10.6. The minimum absolute atomic E-state index is 0.285. The van der Waals surface area contributed by atoms with Crippen molar-refractivity contribution in [1.82, 2.24) is 9.97 Å². The fraction of sp³-hybridized carbons (Fsp3) is 0.182. The molecule has 1 heterocycles. The van der Waals surface area contributed by atoms with Gasteiger partial charge in [0, 0.05) is 12.1 Å². The van der Waals surface area contributed by atoms with E-state index >= 15 is 0 Å². The highest BCUT2D eigenvalue weighted by Gasteiger charge is 2.15. The van der Waals surface area contributed by atoms with Crippen LogP contribution in [0, 0.1) is 5.82 Å². The Labute approximate surface area is 106 Å². The molecule has 90 valence electrons. The number of imidazole rings is 1. The Bertz CT molecular complexity index is 542. The maximum Gasteiger partial charge on any atom is 0.175 e. The Morgan fingerprint density at radius 2 is 2.29 bits per heavy atom. The molecule has 1 aromatic heterocycles. The van der Waals surface area contributed by atoms with E-state index in [0.29, 0.717) is 21.7 Å². The Morgan fingerprint density at radius 1 is 1.53 bits per heavy atom.